The van der Waals surface area contributed by atoms with E-state index in [1.807, 2.05) is 48.5 Å². The molecule has 0 unspecified atom stereocenters. The molecule has 0 aromatic heterocycles. The molecule has 0 radical (unpaired) electrons. The Morgan fingerprint density at radius 3 is 2.21 bits per heavy atom. The van der Waals surface area contributed by atoms with E-state index in [-0.39, 0.29) is 17.6 Å². The number of hydrogen-bond acceptors (Lipinski definition) is 5. The van der Waals surface area contributed by atoms with E-state index in [4.69, 9.17) is 4.74 Å². The lowest BCUT2D eigenvalue weighted by atomic mass is 9.95. The van der Waals surface area contributed by atoms with E-state index in [1.165, 1.54) is 0 Å². The van der Waals surface area contributed by atoms with Gasteiger partial charge in [0, 0.05) is 50.5 Å². The van der Waals surface area contributed by atoms with Gasteiger partial charge in [-0.1, -0.05) is 36.4 Å². The van der Waals surface area contributed by atoms with Crippen molar-refractivity contribution in [1.29, 1.82) is 0 Å². The quantitative estimate of drug-likeness (QED) is 0.682. The molecule has 1 saturated carbocycles. The fourth-order valence-corrected chi connectivity index (χ4v) is 4.61. The van der Waals surface area contributed by atoms with E-state index in [9.17, 15) is 19.5 Å². The van der Waals surface area contributed by atoms with Crippen molar-refractivity contribution in [3.05, 3.63) is 59.7 Å². The minimum Gasteiger partial charge on any atom is -0.381 e. The van der Waals surface area contributed by atoms with E-state index < -0.39 is 5.60 Å². The molecule has 1 N–H and O–H groups in total. The van der Waals surface area contributed by atoms with Gasteiger partial charge in [-0.2, -0.15) is 0 Å². The van der Waals surface area contributed by atoms with Crippen molar-refractivity contribution in [1.82, 2.24) is 9.80 Å². The van der Waals surface area contributed by atoms with Crippen LogP contribution in [0.3, 0.4) is 0 Å². The molecule has 2 heterocycles. The molecule has 2 aromatic rings. The molecule has 2 aromatic carbocycles. The third kappa shape index (κ3) is 4.91. The second-order valence-corrected chi connectivity index (χ2v) is 9.72. The highest BCUT2D eigenvalue weighted by Crippen LogP contribution is 2.37. The maximum atomic E-state index is 13.0. The Kier molecular flexibility index (Phi) is 6.23. The average Bonchev–Trinajstić information content (AvgIpc) is 3.59. The Morgan fingerprint density at radius 2 is 1.59 bits per heavy atom. The zero-order valence-corrected chi connectivity index (χ0v) is 19.2. The van der Waals surface area contributed by atoms with Crippen LogP contribution in [-0.4, -0.2) is 77.5 Å². The Bertz CT molecular complexity index is 1080. The van der Waals surface area contributed by atoms with Gasteiger partial charge >= 0.3 is 0 Å². The summed E-state index contributed by atoms with van der Waals surface area (Å²) in [5.74, 6) is 0.348. The van der Waals surface area contributed by atoms with Gasteiger partial charge in [0.05, 0.1) is 13.2 Å². The van der Waals surface area contributed by atoms with Crippen molar-refractivity contribution in [2.24, 2.45) is 5.92 Å². The summed E-state index contributed by atoms with van der Waals surface area (Å²) >= 11 is 0. The topological polar surface area (TPSA) is 87.2 Å². The Morgan fingerprint density at radius 1 is 0.912 bits per heavy atom. The van der Waals surface area contributed by atoms with Crippen molar-refractivity contribution in [2.75, 3.05) is 39.4 Å². The van der Waals surface area contributed by atoms with Crippen LogP contribution in [0, 0.1) is 5.92 Å². The third-order valence-corrected chi connectivity index (χ3v) is 6.99. The summed E-state index contributed by atoms with van der Waals surface area (Å²) in [4.78, 5) is 41.0. The van der Waals surface area contributed by atoms with Crippen LogP contribution in [-0.2, 0) is 20.7 Å². The standard InChI is InChI=1S/C27H30N2O5/c30-24(16-20-17-34-18-20)15-19-2-1-3-23(14-19)21-4-6-22(7-5-21)25(31)28-10-12-29(13-11-28)26(32)27(33)8-9-27/h1-7,14,20,33H,8-13,15-18H2. The molecule has 3 aliphatic rings. The SMILES string of the molecule is O=C(Cc1cccc(-c2ccc(C(=O)N3CCN(C(=O)C4(O)CC4)CC3)cc2)c1)CC1COC1. The van der Waals surface area contributed by atoms with Gasteiger partial charge in [-0.15, -0.1) is 0 Å². The van der Waals surface area contributed by atoms with E-state index in [1.54, 1.807) is 9.80 Å². The first kappa shape index (κ1) is 22.7. The molecule has 0 atom stereocenters. The van der Waals surface area contributed by atoms with E-state index in [2.05, 4.69) is 0 Å². The predicted molar refractivity (Wildman–Crippen MR) is 126 cm³/mol. The molecule has 0 bridgehead atoms. The zero-order valence-electron chi connectivity index (χ0n) is 19.2. The molecule has 2 saturated heterocycles. The number of amides is 2. The highest BCUT2D eigenvalue weighted by atomic mass is 16.5. The number of ketones is 1. The first-order chi connectivity index (χ1) is 16.4. The lowest BCUT2D eigenvalue weighted by Gasteiger charge is -2.35. The molecule has 7 nitrogen and oxygen atoms in total. The fraction of sp³-hybridized carbons (Fsp3) is 0.444. The molecule has 1 aliphatic carbocycles. The number of piperazine rings is 1. The van der Waals surface area contributed by atoms with Crippen LogP contribution >= 0.6 is 0 Å². The number of hydrogen-bond donors (Lipinski definition) is 1. The summed E-state index contributed by atoms with van der Waals surface area (Å²) in [6, 6.07) is 15.5. The van der Waals surface area contributed by atoms with Crippen molar-refractivity contribution in [2.45, 2.75) is 31.3 Å². The van der Waals surface area contributed by atoms with Crippen molar-refractivity contribution < 1.29 is 24.2 Å². The third-order valence-electron chi connectivity index (χ3n) is 6.99. The van der Waals surface area contributed by atoms with Crippen LogP contribution < -0.4 is 0 Å². The van der Waals surface area contributed by atoms with Gasteiger partial charge in [-0.05, 0) is 41.7 Å². The maximum Gasteiger partial charge on any atom is 0.254 e. The monoisotopic (exact) mass is 462 g/mol. The molecule has 5 rings (SSSR count). The maximum absolute atomic E-state index is 13.0. The fourth-order valence-electron chi connectivity index (χ4n) is 4.61. The number of nitrogens with zero attached hydrogens (tertiary/aromatic N) is 2. The van der Waals surface area contributed by atoms with Crippen molar-refractivity contribution in [3.63, 3.8) is 0 Å². The van der Waals surface area contributed by atoms with Gasteiger partial charge < -0.3 is 19.6 Å². The second kappa shape index (κ2) is 9.31. The van der Waals surface area contributed by atoms with Gasteiger partial charge in [0.2, 0.25) is 0 Å². The number of carbonyl (C=O) groups excluding carboxylic acids is 3. The van der Waals surface area contributed by atoms with Gasteiger partial charge in [0.15, 0.2) is 0 Å². The Labute approximate surface area is 199 Å². The Hall–Kier alpha value is -3.03. The molecular formula is C27H30N2O5. The molecule has 0 spiro atoms. The van der Waals surface area contributed by atoms with Gasteiger partial charge in [-0.25, -0.2) is 0 Å². The van der Waals surface area contributed by atoms with Crippen LogP contribution in [0.4, 0.5) is 0 Å². The lowest BCUT2D eigenvalue weighted by molar-refractivity contribution is -0.143. The molecule has 2 amide bonds. The molecule has 2 aliphatic heterocycles. The lowest BCUT2D eigenvalue weighted by Crippen LogP contribution is -2.53. The summed E-state index contributed by atoms with van der Waals surface area (Å²) in [6.07, 6.45) is 2.07. The summed E-state index contributed by atoms with van der Waals surface area (Å²) in [5, 5.41) is 10.0. The van der Waals surface area contributed by atoms with E-state index in [0.29, 0.717) is 76.6 Å². The van der Waals surface area contributed by atoms with Crippen LogP contribution in [0.15, 0.2) is 48.5 Å². The highest BCUT2D eigenvalue weighted by molar-refractivity contribution is 5.95. The molecule has 34 heavy (non-hydrogen) atoms. The van der Waals surface area contributed by atoms with Crippen molar-refractivity contribution >= 4 is 17.6 Å². The van der Waals surface area contributed by atoms with Gasteiger partial charge in [0.1, 0.15) is 11.4 Å². The number of aliphatic hydroxyl groups is 1. The van der Waals surface area contributed by atoms with Crippen LogP contribution in [0.2, 0.25) is 0 Å². The highest BCUT2D eigenvalue weighted by Gasteiger charge is 2.50. The van der Waals surface area contributed by atoms with Gasteiger partial charge in [0.25, 0.3) is 11.8 Å². The molecule has 3 fully saturated rings. The molecule has 7 heteroatoms. The van der Waals surface area contributed by atoms with E-state index >= 15 is 0 Å². The summed E-state index contributed by atoms with van der Waals surface area (Å²) in [6.45, 7) is 3.20. The minimum atomic E-state index is -1.15. The zero-order chi connectivity index (χ0) is 23.7. The minimum absolute atomic E-state index is 0.0527. The molecular weight excluding hydrogens is 432 g/mol. The average molecular weight is 463 g/mol. The predicted octanol–water partition coefficient (Wildman–Crippen LogP) is 2.31. The van der Waals surface area contributed by atoms with Crippen molar-refractivity contribution in [3.8, 4) is 11.1 Å². The smallest absolute Gasteiger partial charge is 0.254 e. The second-order valence-electron chi connectivity index (χ2n) is 9.72. The van der Waals surface area contributed by atoms with Crippen LogP contribution in [0.25, 0.3) is 11.1 Å². The number of rotatable bonds is 7. The largest absolute Gasteiger partial charge is 0.381 e. The number of ether oxygens (including phenoxy) is 1. The van der Waals surface area contributed by atoms with E-state index in [0.717, 1.165) is 16.7 Å². The van der Waals surface area contributed by atoms with Crippen LogP contribution in [0.1, 0.15) is 35.2 Å². The number of benzene rings is 2. The summed E-state index contributed by atoms with van der Waals surface area (Å²) in [7, 11) is 0. The Balaban J connectivity index is 1.18. The first-order valence-corrected chi connectivity index (χ1v) is 12.0. The summed E-state index contributed by atoms with van der Waals surface area (Å²) in [5.41, 5.74) is 2.45. The van der Waals surface area contributed by atoms with Crippen LogP contribution in [0.5, 0.6) is 0 Å². The molecule has 178 valence electrons. The number of carbonyl (C=O) groups is 3. The first-order valence-electron chi connectivity index (χ1n) is 12.0. The van der Waals surface area contributed by atoms with Gasteiger partial charge in [-0.3, -0.25) is 14.4 Å². The number of Topliss-reactive ketones (excluding diaryl/α,β-unsaturated/α-hetero) is 1. The normalized spacial score (nSPS) is 19.4. The summed E-state index contributed by atoms with van der Waals surface area (Å²) < 4.78 is 5.15.